The number of rotatable bonds is 8. The van der Waals surface area contributed by atoms with Crippen molar-refractivity contribution in [2.45, 2.75) is 88.7 Å². The van der Waals surface area contributed by atoms with Gasteiger partial charge in [-0.25, -0.2) is 14.4 Å². The molecule has 11 nitrogen and oxygen atoms in total. The lowest BCUT2D eigenvalue weighted by Gasteiger charge is -2.65. The predicted molar refractivity (Wildman–Crippen MR) is 179 cm³/mol. The van der Waals surface area contributed by atoms with Gasteiger partial charge in [0.1, 0.15) is 17.3 Å². The molecule has 2 aromatic carbocycles. The SMILES string of the molecule is CC(=O)O[C@@H]1[C@H](OC(=O)/C=C/c2ccccc2)[C@@]2(C)[C@@H](OC(=O)c3ccccc3)C[C@H]3C[C@]2(OC3(C)C)[C@@](C)(O)[C@H]1OC(=O)c1cccnc1. The molecule has 3 aliphatic rings. The summed E-state index contributed by atoms with van der Waals surface area (Å²) in [6.07, 6.45) is 0.461. The van der Waals surface area contributed by atoms with Crippen LogP contribution in [0.15, 0.2) is 91.3 Å². The Bertz CT molecular complexity index is 1780. The van der Waals surface area contributed by atoms with Crippen molar-refractivity contribution in [1.82, 2.24) is 4.98 Å². The van der Waals surface area contributed by atoms with E-state index in [9.17, 15) is 24.3 Å². The van der Waals surface area contributed by atoms with Gasteiger partial charge in [0.25, 0.3) is 0 Å². The highest BCUT2D eigenvalue weighted by atomic mass is 16.6. The van der Waals surface area contributed by atoms with Gasteiger partial charge in [0, 0.05) is 25.4 Å². The molecule has 262 valence electrons. The van der Waals surface area contributed by atoms with E-state index in [1.54, 1.807) is 49.4 Å². The summed E-state index contributed by atoms with van der Waals surface area (Å²) >= 11 is 0. The van der Waals surface area contributed by atoms with Gasteiger partial charge in [-0.3, -0.25) is 9.78 Å². The number of ether oxygens (including phenoxy) is 5. The molecular weight excluding hydrogens is 642 g/mol. The maximum atomic E-state index is 13.7. The van der Waals surface area contributed by atoms with Gasteiger partial charge in [0.15, 0.2) is 18.3 Å². The van der Waals surface area contributed by atoms with E-state index in [-0.39, 0.29) is 24.3 Å². The minimum atomic E-state index is -2.09. The molecule has 50 heavy (non-hydrogen) atoms. The standard InChI is InChI=1S/C39H41NO10/c1-24(41)46-31-32(48-30(42)19-18-25-13-8-6-9-14-25)37(4)29(47-34(43)26-15-10-7-11-16-26)21-28-22-39(37,50-36(28,2)3)38(5,45)33(31)49-35(44)27-17-12-20-40-23-27/h6-20,23,28-29,31-33,45H,21-22H2,1-5H3/b19-18+/t28-,29-,31+,32-,33-,37+,38-,39+/m0/s1. The highest BCUT2D eigenvalue weighted by molar-refractivity contribution is 5.90. The summed E-state index contributed by atoms with van der Waals surface area (Å²) in [4.78, 5) is 57.9. The molecule has 2 bridgehead atoms. The van der Waals surface area contributed by atoms with Gasteiger partial charge in [0.05, 0.1) is 22.1 Å². The molecule has 1 aliphatic heterocycles. The fourth-order valence-electron chi connectivity index (χ4n) is 8.13. The smallest absolute Gasteiger partial charge is 0.340 e. The lowest BCUT2D eigenvalue weighted by atomic mass is 9.47. The average molecular weight is 684 g/mol. The molecule has 0 unspecified atom stereocenters. The van der Waals surface area contributed by atoms with Gasteiger partial charge in [-0.15, -0.1) is 0 Å². The van der Waals surface area contributed by atoms with E-state index >= 15 is 0 Å². The fraction of sp³-hybridized carbons (Fsp3) is 0.410. The van der Waals surface area contributed by atoms with E-state index in [1.165, 1.54) is 31.5 Å². The van der Waals surface area contributed by atoms with Gasteiger partial charge in [-0.1, -0.05) is 48.5 Å². The number of fused-ring (bicyclic) bond motifs is 1. The summed E-state index contributed by atoms with van der Waals surface area (Å²) in [5, 5.41) is 12.9. The van der Waals surface area contributed by atoms with Crippen molar-refractivity contribution < 1.29 is 48.0 Å². The highest BCUT2D eigenvalue weighted by Gasteiger charge is 2.82. The molecule has 2 aliphatic carbocycles. The van der Waals surface area contributed by atoms with Crippen molar-refractivity contribution in [3.8, 4) is 0 Å². The molecular formula is C39H41NO10. The first-order chi connectivity index (χ1) is 23.7. The number of hydrogen-bond donors (Lipinski definition) is 1. The zero-order chi connectivity index (χ0) is 35.9. The lowest BCUT2D eigenvalue weighted by molar-refractivity contribution is -0.351. The minimum absolute atomic E-state index is 0.0823. The average Bonchev–Trinajstić information content (AvgIpc) is 3.35. The summed E-state index contributed by atoms with van der Waals surface area (Å²) in [5.74, 6) is -3.32. The van der Waals surface area contributed by atoms with Crippen LogP contribution in [-0.4, -0.2) is 75.2 Å². The Hall–Kier alpha value is -4.87. The second-order valence-corrected chi connectivity index (χ2v) is 14.1. The number of carbonyl (C=O) groups excluding carboxylic acids is 4. The van der Waals surface area contributed by atoms with E-state index in [0.29, 0.717) is 5.56 Å². The minimum Gasteiger partial charge on any atom is -0.458 e. The summed E-state index contributed by atoms with van der Waals surface area (Å²) in [5.41, 5.74) is -5.06. The van der Waals surface area contributed by atoms with E-state index in [4.69, 9.17) is 23.7 Å². The van der Waals surface area contributed by atoms with Crippen LogP contribution in [0, 0.1) is 11.3 Å². The van der Waals surface area contributed by atoms with E-state index in [1.807, 2.05) is 44.2 Å². The maximum Gasteiger partial charge on any atom is 0.340 e. The second-order valence-electron chi connectivity index (χ2n) is 14.1. The maximum absolute atomic E-state index is 13.7. The predicted octanol–water partition coefficient (Wildman–Crippen LogP) is 5.12. The quantitative estimate of drug-likeness (QED) is 0.192. The Morgan fingerprint density at radius 3 is 2.10 bits per heavy atom. The summed E-state index contributed by atoms with van der Waals surface area (Å²) in [6, 6.07) is 20.6. The molecule has 1 saturated heterocycles. The zero-order valence-corrected chi connectivity index (χ0v) is 28.6. The third-order valence-corrected chi connectivity index (χ3v) is 10.7. The third-order valence-electron chi connectivity index (χ3n) is 10.7. The Morgan fingerprint density at radius 2 is 1.46 bits per heavy atom. The molecule has 8 atom stereocenters. The molecule has 3 fully saturated rings. The van der Waals surface area contributed by atoms with Gasteiger partial charge in [-0.2, -0.15) is 0 Å². The molecule has 0 radical (unpaired) electrons. The van der Waals surface area contributed by atoms with Gasteiger partial charge >= 0.3 is 23.9 Å². The largest absolute Gasteiger partial charge is 0.458 e. The number of hydrogen-bond acceptors (Lipinski definition) is 11. The Balaban J connectivity index is 1.51. The van der Waals surface area contributed by atoms with Crippen LogP contribution in [0.3, 0.4) is 0 Å². The molecule has 3 aromatic rings. The van der Waals surface area contributed by atoms with Crippen molar-refractivity contribution in [3.05, 3.63) is 108 Å². The van der Waals surface area contributed by atoms with Crippen LogP contribution in [0.25, 0.3) is 6.08 Å². The molecule has 11 heteroatoms. The van der Waals surface area contributed by atoms with Crippen LogP contribution >= 0.6 is 0 Å². The van der Waals surface area contributed by atoms with Crippen LogP contribution in [-0.2, 0) is 33.3 Å². The second kappa shape index (κ2) is 13.1. The number of carbonyl (C=O) groups is 4. The first-order valence-corrected chi connectivity index (χ1v) is 16.6. The van der Waals surface area contributed by atoms with E-state index in [0.717, 1.165) is 12.5 Å². The molecule has 2 saturated carbocycles. The Kier molecular flexibility index (Phi) is 9.17. The first kappa shape index (κ1) is 35.0. The van der Waals surface area contributed by atoms with Crippen LogP contribution in [0.2, 0.25) is 0 Å². The zero-order valence-electron chi connectivity index (χ0n) is 28.6. The summed E-state index contributed by atoms with van der Waals surface area (Å²) < 4.78 is 31.4. The van der Waals surface area contributed by atoms with Gasteiger partial charge in [0.2, 0.25) is 0 Å². The topological polar surface area (TPSA) is 148 Å². The third kappa shape index (κ3) is 5.98. The number of aliphatic hydroxyl groups is 1. The number of benzene rings is 2. The Labute approximate surface area is 290 Å². The molecule has 6 rings (SSSR count). The van der Waals surface area contributed by atoms with Crippen molar-refractivity contribution in [2.75, 3.05) is 0 Å². The Morgan fingerprint density at radius 1 is 0.820 bits per heavy atom. The fourth-order valence-corrected chi connectivity index (χ4v) is 8.13. The monoisotopic (exact) mass is 683 g/mol. The highest BCUT2D eigenvalue weighted by Crippen LogP contribution is 2.68. The van der Waals surface area contributed by atoms with Crippen LogP contribution in [0.1, 0.15) is 73.7 Å². The van der Waals surface area contributed by atoms with Crippen LogP contribution in [0.4, 0.5) is 0 Å². The number of aromatic nitrogens is 1. The lowest BCUT2D eigenvalue weighted by Crippen LogP contribution is -2.82. The molecule has 1 spiro atoms. The van der Waals surface area contributed by atoms with Crippen LogP contribution in [0.5, 0.6) is 0 Å². The van der Waals surface area contributed by atoms with Crippen molar-refractivity contribution in [3.63, 3.8) is 0 Å². The molecule has 1 aromatic heterocycles. The first-order valence-electron chi connectivity index (χ1n) is 16.6. The van der Waals surface area contributed by atoms with Crippen LogP contribution < -0.4 is 0 Å². The summed E-state index contributed by atoms with van der Waals surface area (Å²) in [7, 11) is 0. The van der Waals surface area contributed by atoms with Crippen molar-refractivity contribution in [2.24, 2.45) is 11.3 Å². The molecule has 0 amide bonds. The summed E-state index contributed by atoms with van der Waals surface area (Å²) in [6.45, 7) is 8.08. The normalized spacial score (nSPS) is 32.4. The number of esters is 4. The number of pyridine rings is 1. The van der Waals surface area contributed by atoms with Gasteiger partial charge < -0.3 is 28.8 Å². The van der Waals surface area contributed by atoms with Gasteiger partial charge in [-0.05, 0) is 82.4 Å². The van der Waals surface area contributed by atoms with E-state index in [2.05, 4.69) is 4.98 Å². The number of nitrogens with zero attached hydrogens (tertiary/aromatic N) is 1. The molecule has 1 N–H and O–H groups in total. The van der Waals surface area contributed by atoms with Crippen molar-refractivity contribution in [1.29, 1.82) is 0 Å². The molecule has 2 heterocycles. The van der Waals surface area contributed by atoms with Crippen molar-refractivity contribution >= 4 is 30.0 Å². The van der Waals surface area contributed by atoms with E-state index < -0.39 is 70.5 Å².